The summed E-state index contributed by atoms with van der Waals surface area (Å²) >= 11 is 0. The van der Waals surface area contributed by atoms with Crippen molar-refractivity contribution in [2.24, 2.45) is 0 Å². The zero-order valence-electron chi connectivity index (χ0n) is 9.57. The number of ether oxygens (including phenoxy) is 1. The van der Waals surface area contributed by atoms with Gasteiger partial charge in [-0.1, -0.05) is 12.1 Å². The van der Waals surface area contributed by atoms with Gasteiger partial charge in [0.2, 0.25) is 0 Å². The maximum Gasteiger partial charge on any atom is 0.127 e. The number of aliphatic hydroxyl groups excluding tert-OH is 1. The second-order valence-electron chi connectivity index (χ2n) is 3.87. The third kappa shape index (κ3) is 3.28. The molecule has 2 aromatic carbocycles. The zero-order valence-corrected chi connectivity index (χ0v) is 9.57. The second kappa shape index (κ2) is 5.60. The molecule has 2 rings (SSSR count). The number of aliphatic hydroxyl groups is 1. The molecule has 2 aromatic rings. The first-order valence-corrected chi connectivity index (χ1v) is 5.45. The van der Waals surface area contributed by atoms with Crippen molar-refractivity contribution in [3.63, 3.8) is 0 Å². The van der Waals surface area contributed by atoms with E-state index in [1.165, 1.54) is 24.3 Å². The fourth-order valence-electron chi connectivity index (χ4n) is 1.59. The molecule has 0 saturated heterocycles. The van der Waals surface area contributed by atoms with Crippen LogP contribution in [0.25, 0.3) is 0 Å². The Morgan fingerprint density at radius 3 is 2.44 bits per heavy atom. The molecule has 0 spiro atoms. The van der Waals surface area contributed by atoms with Crippen LogP contribution in [-0.4, -0.2) is 5.11 Å². The zero-order chi connectivity index (χ0) is 13.0. The van der Waals surface area contributed by atoms with E-state index in [-0.39, 0.29) is 19.0 Å². The summed E-state index contributed by atoms with van der Waals surface area (Å²) in [5, 5.41) is 8.94. The van der Waals surface area contributed by atoms with E-state index in [1.807, 2.05) is 0 Å². The average molecular weight is 250 g/mol. The molecular weight excluding hydrogens is 238 g/mol. The van der Waals surface area contributed by atoms with Gasteiger partial charge in [0.15, 0.2) is 0 Å². The van der Waals surface area contributed by atoms with Crippen LogP contribution in [-0.2, 0) is 13.2 Å². The molecule has 1 N–H and O–H groups in total. The molecule has 94 valence electrons. The van der Waals surface area contributed by atoms with Gasteiger partial charge in [-0.2, -0.15) is 0 Å². The molecule has 0 atom stereocenters. The highest BCUT2D eigenvalue weighted by Gasteiger charge is 2.02. The highest BCUT2D eigenvalue weighted by molar-refractivity contribution is 5.29. The van der Waals surface area contributed by atoms with Crippen LogP contribution in [0.1, 0.15) is 11.1 Å². The van der Waals surface area contributed by atoms with Crippen molar-refractivity contribution < 1.29 is 18.6 Å². The van der Waals surface area contributed by atoms with E-state index < -0.39 is 5.82 Å². The van der Waals surface area contributed by atoms with Crippen molar-refractivity contribution in [3.05, 3.63) is 65.2 Å². The van der Waals surface area contributed by atoms with Gasteiger partial charge in [0.05, 0.1) is 6.61 Å². The lowest BCUT2D eigenvalue weighted by Gasteiger charge is -2.08. The van der Waals surface area contributed by atoms with Gasteiger partial charge in [-0.3, -0.25) is 0 Å². The smallest absolute Gasteiger partial charge is 0.127 e. The van der Waals surface area contributed by atoms with Crippen LogP contribution >= 0.6 is 0 Å². The summed E-state index contributed by atoms with van der Waals surface area (Å²) in [7, 11) is 0. The minimum absolute atomic E-state index is 0.145. The predicted molar refractivity (Wildman–Crippen MR) is 63.1 cm³/mol. The van der Waals surface area contributed by atoms with Gasteiger partial charge in [0, 0.05) is 6.07 Å². The minimum atomic E-state index is -0.476. The molecule has 0 amide bonds. The summed E-state index contributed by atoms with van der Waals surface area (Å²) in [6.07, 6.45) is 0. The Hall–Kier alpha value is -1.94. The van der Waals surface area contributed by atoms with Gasteiger partial charge in [-0.05, 0) is 35.4 Å². The first-order valence-electron chi connectivity index (χ1n) is 5.45. The van der Waals surface area contributed by atoms with Crippen LogP contribution in [0, 0.1) is 11.6 Å². The predicted octanol–water partition coefficient (Wildman–Crippen LogP) is 3.04. The van der Waals surface area contributed by atoms with Crippen molar-refractivity contribution in [3.8, 4) is 5.75 Å². The van der Waals surface area contributed by atoms with E-state index >= 15 is 0 Å². The van der Waals surface area contributed by atoms with Gasteiger partial charge < -0.3 is 9.84 Å². The maximum atomic E-state index is 13.2. The molecule has 0 aromatic heterocycles. The van der Waals surface area contributed by atoms with Crippen LogP contribution < -0.4 is 4.74 Å². The number of halogens is 2. The lowest BCUT2D eigenvalue weighted by atomic mass is 10.2. The lowest BCUT2D eigenvalue weighted by Crippen LogP contribution is -1.97. The number of rotatable bonds is 4. The number of benzene rings is 2. The molecule has 0 heterocycles. The molecule has 0 aliphatic rings. The van der Waals surface area contributed by atoms with Gasteiger partial charge >= 0.3 is 0 Å². The van der Waals surface area contributed by atoms with E-state index in [2.05, 4.69) is 0 Å². The maximum absolute atomic E-state index is 13.2. The Morgan fingerprint density at radius 2 is 1.72 bits per heavy atom. The first-order chi connectivity index (χ1) is 8.67. The molecule has 0 aliphatic carbocycles. The standard InChI is InChI=1S/C14H12F2O2/c15-12-3-1-2-10(4-12)9-18-14-6-11(8-17)5-13(16)7-14/h1-7,17H,8-9H2. The van der Waals surface area contributed by atoms with E-state index in [9.17, 15) is 8.78 Å². The number of hydrogen-bond acceptors (Lipinski definition) is 2. The topological polar surface area (TPSA) is 29.5 Å². The van der Waals surface area contributed by atoms with Crippen molar-refractivity contribution in [1.82, 2.24) is 0 Å². The fourth-order valence-corrected chi connectivity index (χ4v) is 1.59. The van der Waals surface area contributed by atoms with Gasteiger partial charge in [-0.25, -0.2) is 8.78 Å². The summed E-state index contributed by atoms with van der Waals surface area (Å²) in [4.78, 5) is 0. The average Bonchev–Trinajstić information content (AvgIpc) is 2.36. The van der Waals surface area contributed by atoms with Crippen molar-refractivity contribution >= 4 is 0 Å². The van der Waals surface area contributed by atoms with E-state index in [4.69, 9.17) is 9.84 Å². The normalized spacial score (nSPS) is 10.4. The monoisotopic (exact) mass is 250 g/mol. The molecule has 0 radical (unpaired) electrons. The minimum Gasteiger partial charge on any atom is -0.489 e. The summed E-state index contributed by atoms with van der Waals surface area (Å²) in [6.45, 7) is -0.111. The highest BCUT2D eigenvalue weighted by atomic mass is 19.1. The van der Waals surface area contributed by atoms with E-state index in [1.54, 1.807) is 18.2 Å². The molecular formula is C14H12F2O2. The Balaban J connectivity index is 2.08. The van der Waals surface area contributed by atoms with Crippen LogP contribution in [0.5, 0.6) is 5.75 Å². The summed E-state index contributed by atoms with van der Waals surface area (Å²) in [5.74, 6) is -0.509. The van der Waals surface area contributed by atoms with Gasteiger partial charge in [0.1, 0.15) is 24.0 Å². The molecule has 0 saturated carbocycles. The van der Waals surface area contributed by atoms with Crippen LogP contribution in [0.3, 0.4) is 0 Å². The summed E-state index contributed by atoms with van der Waals surface area (Å²) in [6, 6.07) is 9.99. The van der Waals surface area contributed by atoms with E-state index in [0.717, 1.165) is 0 Å². The van der Waals surface area contributed by atoms with Crippen LogP contribution in [0.15, 0.2) is 42.5 Å². The van der Waals surface area contributed by atoms with Gasteiger partial charge in [-0.15, -0.1) is 0 Å². The van der Waals surface area contributed by atoms with Crippen LogP contribution in [0.4, 0.5) is 8.78 Å². The van der Waals surface area contributed by atoms with Crippen molar-refractivity contribution in [2.75, 3.05) is 0 Å². The Labute approximate surface area is 103 Å². The molecule has 0 aliphatic heterocycles. The second-order valence-corrected chi connectivity index (χ2v) is 3.87. The third-order valence-corrected chi connectivity index (χ3v) is 2.41. The van der Waals surface area contributed by atoms with E-state index in [0.29, 0.717) is 16.9 Å². The van der Waals surface area contributed by atoms with Crippen molar-refractivity contribution in [2.45, 2.75) is 13.2 Å². The lowest BCUT2D eigenvalue weighted by molar-refractivity contribution is 0.276. The Bertz CT molecular complexity index is 541. The molecule has 0 fully saturated rings. The first kappa shape index (κ1) is 12.5. The van der Waals surface area contributed by atoms with Crippen molar-refractivity contribution in [1.29, 1.82) is 0 Å². The Morgan fingerprint density at radius 1 is 0.944 bits per heavy atom. The largest absolute Gasteiger partial charge is 0.489 e. The quantitative estimate of drug-likeness (QED) is 0.903. The Kier molecular flexibility index (Phi) is 3.89. The van der Waals surface area contributed by atoms with Crippen LogP contribution in [0.2, 0.25) is 0 Å². The highest BCUT2D eigenvalue weighted by Crippen LogP contribution is 2.18. The summed E-state index contributed by atoms with van der Waals surface area (Å²) in [5.41, 5.74) is 1.09. The SMILES string of the molecule is OCc1cc(F)cc(OCc2cccc(F)c2)c1. The number of hydrogen-bond donors (Lipinski definition) is 1. The molecule has 0 bridgehead atoms. The molecule has 2 nitrogen and oxygen atoms in total. The fraction of sp³-hybridized carbons (Fsp3) is 0.143. The molecule has 18 heavy (non-hydrogen) atoms. The van der Waals surface area contributed by atoms with Gasteiger partial charge in [0.25, 0.3) is 0 Å². The molecule has 0 unspecified atom stereocenters. The summed E-state index contributed by atoms with van der Waals surface area (Å²) < 4.78 is 31.4. The third-order valence-electron chi connectivity index (χ3n) is 2.41. The molecule has 4 heteroatoms.